The summed E-state index contributed by atoms with van der Waals surface area (Å²) < 4.78 is 28.1. The first-order valence-corrected chi connectivity index (χ1v) is 11.7. The summed E-state index contributed by atoms with van der Waals surface area (Å²) in [7, 11) is -0.883. The average Bonchev–Trinajstić information content (AvgIpc) is 3.04. The molecule has 1 aromatic heterocycles. The van der Waals surface area contributed by atoms with Gasteiger partial charge >= 0.3 is 0 Å². The maximum atomic E-state index is 11.7. The summed E-state index contributed by atoms with van der Waals surface area (Å²) in [5, 5.41) is 4.78. The predicted molar refractivity (Wildman–Crippen MR) is 99.6 cm³/mol. The number of aromatic nitrogens is 3. The van der Waals surface area contributed by atoms with E-state index in [-0.39, 0.29) is 5.92 Å². The number of nitrogens with zero attached hydrogens (tertiary/aromatic N) is 4. The third-order valence-electron chi connectivity index (χ3n) is 6.04. The molecular formula is C17H28N4O2S2. The van der Waals surface area contributed by atoms with Crippen LogP contribution in [0.1, 0.15) is 50.8 Å². The Balaban J connectivity index is 1.49. The van der Waals surface area contributed by atoms with Gasteiger partial charge in [0.15, 0.2) is 14.6 Å². The molecule has 8 heteroatoms. The number of hydrogen-bond acceptors (Lipinski definition) is 5. The van der Waals surface area contributed by atoms with Gasteiger partial charge in [0.05, 0.1) is 18.2 Å². The van der Waals surface area contributed by atoms with E-state index >= 15 is 0 Å². The fourth-order valence-electron chi connectivity index (χ4n) is 4.42. The highest BCUT2D eigenvalue weighted by Gasteiger charge is 2.36. The Morgan fingerprint density at radius 1 is 1.16 bits per heavy atom. The van der Waals surface area contributed by atoms with Gasteiger partial charge in [-0.15, -0.1) is 0 Å². The lowest BCUT2D eigenvalue weighted by molar-refractivity contribution is 0.134. The van der Waals surface area contributed by atoms with Crippen LogP contribution in [-0.2, 0) is 30.0 Å². The monoisotopic (exact) mass is 384 g/mol. The number of sulfone groups is 1. The molecule has 3 aliphatic rings. The summed E-state index contributed by atoms with van der Waals surface area (Å²) in [6.45, 7) is 0.783. The Kier molecular flexibility index (Phi) is 4.79. The van der Waals surface area contributed by atoms with E-state index in [1.807, 2.05) is 16.3 Å². The molecule has 1 atom stereocenters. The average molecular weight is 385 g/mol. The molecule has 0 aromatic carbocycles. The minimum absolute atomic E-state index is 0.184. The molecule has 25 heavy (non-hydrogen) atoms. The lowest BCUT2D eigenvalue weighted by Crippen LogP contribution is -2.37. The van der Waals surface area contributed by atoms with Crippen LogP contribution < -0.4 is 0 Å². The first-order valence-electron chi connectivity index (χ1n) is 9.52. The van der Waals surface area contributed by atoms with Crippen LogP contribution in [0, 0.1) is 10.7 Å². The lowest BCUT2D eigenvalue weighted by Gasteiger charge is -2.28. The van der Waals surface area contributed by atoms with E-state index in [0.29, 0.717) is 30.0 Å². The fraction of sp³-hybridized carbons (Fsp3) is 0.882. The smallest absolute Gasteiger partial charge is 0.198 e. The third-order valence-corrected chi connectivity index (χ3v) is 8.36. The van der Waals surface area contributed by atoms with Crippen LogP contribution in [0.15, 0.2) is 0 Å². The zero-order valence-corrected chi connectivity index (χ0v) is 16.6. The lowest BCUT2D eigenvalue weighted by atomic mass is 10.1. The molecule has 140 valence electrons. The summed E-state index contributed by atoms with van der Waals surface area (Å²) in [5.74, 6) is 1.72. The Labute approximate surface area is 155 Å². The second-order valence-electron chi connectivity index (χ2n) is 8.06. The topological polar surface area (TPSA) is 60.1 Å². The Hall–Kier alpha value is -0.730. The van der Waals surface area contributed by atoms with E-state index in [0.717, 1.165) is 23.7 Å². The van der Waals surface area contributed by atoms with Gasteiger partial charge in [0, 0.05) is 25.6 Å². The van der Waals surface area contributed by atoms with Gasteiger partial charge in [0.1, 0.15) is 5.82 Å². The van der Waals surface area contributed by atoms with Gasteiger partial charge in [0.2, 0.25) is 0 Å². The van der Waals surface area contributed by atoms with Crippen molar-refractivity contribution in [2.45, 2.75) is 70.1 Å². The standard InChI is InChI=1S/C17H28N4O2S2/c1-19-16(10-13-8-9-25(22,23)11-13)18-21(17(19)24)12-20(15-6-7-15)14-4-2-3-5-14/h13-15H,2-12H2,1H3. The highest BCUT2D eigenvalue weighted by molar-refractivity contribution is 7.91. The molecule has 0 spiro atoms. The summed E-state index contributed by atoms with van der Waals surface area (Å²) in [5.41, 5.74) is 0. The molecule has 0 bridgehead atoms. The Bertz CT molecular complexity index is 788. The van der Waals surface area contributed by atoms with E-state index < -0.39 is 9.84 Å². The first-order chi connectivity index (χ1) is 11.9. The van der Waals surface area contributed by atoms with Crippen molar-refractivity contribution in [2.24, 2.45) is 13.0 Å². The number of rotatable bonds is 6. The van der Waals surface area contributed by atoms with Gasteiger partial charge in [-0.25, -0.2) is 13.1 Å². The summed E-state index contributed by atoms with van der Waals surface area (Å²) >= 11 is 5.62. The van der Waals surface area contributed by atoms with Crippen molar-refractivity contribution in [3.63, 3.8) is 0 Å². The molecule has 0 radical (unpaired) electrons. The predicted octanol–water partition coefficient (Wildman–Crippen LogP) is 2.29. The van der Waals surface area contributed by atoms with Crippen LogP contribution in [0.5, 0.6) is 0 Å². The van der Waals surface area contributed by atoms with Crippen LogP contribution >= 0.6 is 12.2 Å². The van der Waals surface area contributed by atoms with Crippen molar-refractivity contribution in [2.75, 3.05) is 11.5 Å². The van der Waals surface area contributed by atoms with Crippen molar-refractivity contribution in [1.29, 1.82) is 0 Å². The first kappa shape index (κ1) is 17.7. The normalized spacial score (nSPS) is 26.7. The maximum Gasteiger partial charge on any atom is 0.198 e. The van der Waals surface area contributed by atoms with Crippen molar-refractivity contribution in [1.82, 2.24) is 19.2 Å². The van der Waals surface area contributed by atoms with Crippen LogP contribution in [0.3, 0.4) is 0 Å². The van der Waals surface area contributed by atoms with E-state index in [9.17, 15) is 8.42 Å². The molecule has 0 amide bonds. The maximum absolute atomic E-state index is 11.7. The molecule has 4 rings (SSSR count). The Morgan fingerprint density at radius 2 is 1.84 bits per heavy atom. The number of hydrogen-bond donors (Lipinski definition) is 0. The van der Waals surface area contributed by atoms with Gasteiger partial charge in [-0.1, -0.05) is 12.8 Å². The van der Waals surface area contributed by atoms with Crippen molar-refractivity contribution >= 4 is 22.1 Å². The molecule has 2 heterocycles. The third kappa shape index (κ3) is 3.85. The van der Waals surface area contributed by atoms with E-state index in [4.69, 9.17) is 17.3 Å². The second-order valence-corrected chi connectivity index (χ2v) is 10.6. The Morgan fingerprint density at radius 3 is 2.44 bits per heavy atom. The summed E-state index contributed by atoms with van der Waals surface area (Å²) in [6, 6.07) is 1.38. The highest BCUT2D eigenvalue weighted by Crippen LogP contribution is 2.34. The second kappa shape index (κ2) is 6.78. The van der Waals surface area contributed by atoms with Gasteiger partial charge in [-0.05, 0) is 50.2 Å². The quantitative estimate of drug-likeness (QED) is 0.704. The van der Waals surface area contributed by atoms with Gasteiger partial charge < -0.3 is 4.57 Å². The van der Waals surface area contributed by atoms with E-state index in [1.54, 1.807) is 0 Å². The molecule has 1 aliphatic heterocycles. The fourth-order valence-corrected chi connectivity index (χ4v) is 6.49. The minimum atomic E-state index is -2.84. The zero-order valence-electron chi connectivity index (χ0n) is 14.9. The summed E-state index contributed by atoms with van der Waals surface area (Å²) in [6.07, 6.45) is 9.31. The van der Waals surface area contributed by atoms with Crippen LogP contribution in [0.2, 0.25) is 0 Å². The molecule has 1 saturated heterocycles. The highest BCUT2D eigenvalue weighted by atomic mass is 32.2. The molecular weight excluding hydrogens is 356 g/mol. The minimum Gasteiger partial charge on any atom is -0.307 e. The van der Waals surface area contributed by atoms with E-state index in [1.165, 1.54) is 38.5 Å². The van der Waals surface area contributed by atoms with Gasteiger partial charge in [0.25, 0.3) is 0 Å². The molecule has 6 nitrogen and oxygen atoms in total. The molecule has 2 aliphatic carbocycles. The van der Waals surface area contributed by atoms with Gasteiger partial charge in [-0.2, -0.15) is 5.10 Å². The van der Waals surface area contributed by atoms with Crippen LogP contribution in [0.4, 0.5) is 0 Å². The SMILES string of the molecule is Cn1c(CC2CCS(=O)(=O)C2)nn(CN(C2CCCC2)C2CC2)c1=S. The van der Waals surface area contributed by atoms with Crippen LogP contribution in [0.25, 0.3) is 0 Å². The molecule has 1 unspecified atom stereocenters. The zero-order chi connectivity index (χ0) is 17.6. The largest absolute Gasteiger partial charge is 0.307 e. The van der Waals surface area contributed by atoms with Crippen molar-refractivity contribution in [3.05, 3.63) is 10.6 Å². The molecule has 0 N–H and O–H groups in total. The van der Waals surface area contributed by atoms with Gasteiger partial charge in [-0.3, -0.25) is 4.90 Å². The molecule has 2 saturated carbocycles. The molecule has 3 fully saturated rings. The van der Waals surface area contributed by atoms with Crippen molar-refractivity contribution < 1.29 is 8.42 Å². The summed E-state index contributed by atoms with van der Waals surface area (Å²) in [4.78, 5) is 2.61. The van der Waals surface area contributed by atoms with E-state index in [2.05, 4.69) is 4.90 Å². The van der Waals surface area contributed by atoms with Crippen LogP contribution in [-0.4, -0.2) is 51.3 Å². The molecule has 1 aromatic rings. The van der Waals surface area contributed by atoms with Crippen molar-refractivity contribution in [3.8, 4) is 0 Å².